The number of carbonyl (C=O) groups is 1. The minimum atomic E-state index is -0.257. The number of aryl methyl sites for hydroxylation is 3. The molecule has 0 radical (unpaired) electrons. The van der Waals surface area contributed by atoms with Crippen molar-refractivity contribution in [2.24, 2.45) is 18.7 Å². The molecule has 8 heteroatoms. The predicted molar refractivity (Wildman–Crippen MR) is 96.4 cm³/mol. The number of carbonyl (C=O) groups excluding carboxylic acids is 1. The standard InChI is InChI=1S/C18H23N7O/c1-11-4-12(2)25-14(6-20-18(25)22-11)8-24-9-15(16(10-24)17(19)26)13-5-21-23(3)7-13/h4-7,15-16H,8-10H2,1-3H3,(H2,19,26)/t15-,16+/m1/s1. The topological polar surface area (TPSA) is 94.3 Å². The molecule has 0 aromatic carbocycles. The maximum Gasteiger partial charge on any atom is 0.234 e. The van der Waals surface area contributed by atoms with Gasteiger partial charge in [-0.15, -0.1) is 0 Å². The van der Waals surface area contributed by atoms with E-state index in [4.69, 9.17) is 5.73 Å². The first-order valence-electron chi connectivity index (χ1n) is 8.73. The fourth-order valence-electron chi connectivity index (χ4n) is 4.01. The van der Waals surface area contributed by atoms with Gasteiger partial charge in [0.15, 0.2) is 0 Å². The molecule has 0 aliphatic carbocycles. The van der Waals surface area contributed by atoms with Crippen molar-refractivity contribution < 1.29 is 4.79 Å². The molecule has 4 rings (SSSR count). The van der Waals surface area contributed by atoms with Gasteiger partial charge < -0.3 is 5.73 Å². The molecule has 26 heavy (non-hydrogen) atoms. The molecule has 0 unspecified atom stereocenters. The van der Waals surface area contributed by atoms with Crippen LogP contribution in [0.2, 0.25) is 0 Å². The average molecular weight is 353 g/mol. The number of rotatable bonds is 4. The lowest BCUT2D eigenvalue weighted by atomic mass is 9.90. The van der Waals surface area contributed by atoms with Gasteiger partial charge in [0.2, 0.25) is 11.7 Å². The molecule has 1 aliphatic rings. The minimum absolute atomic E-state index is 0.0712. The van der Waals surface area contributed by atoms with Gasteiger partial charge in [0.25, 0.3) is 0 Å². The van der Waals surface area contributed by atoms with Crippen LogP contribution in [0.1, 0.15) is 28.6 Å². The second-order valence-electron chi connectivity index (χ2n) is 7.18. The van der Waals surface area contributed by atoms with E-state index in [0.717, 1.165) is 29.2 Å². The lowest BCUT2D eigenvalue weighted by Crippen LogP contribution is -2.29. The van der Waals surface area contributed by atoms with Gasteiger partial charge in [-0.3, -0.25) is 18.8 Å². The summed E-state index contributed by atoms with van der Waals surface area (Å²) >= 11 is 0. The highest BCUT2D eigenvalue weighted by Crippen LogP contribution is 2.33. The highest BCUT2D eigenvalue weighted by atomic mass is 16.1. The highest BCUT2D eigenvalue weighted by Gasteiger charge is 2.38. The van der Waals surface area contributed by atoms with E-state index in [9.17, 15) is 4.79 Å². The fourth-order valence-corrected chi connectivity index (χ4v) is 4.01. The van der Waals surface area contributed by atoms with Crippen LogP contribution in [-0.2, 0) is 18.4 Å². The van der Waals surface area contributed by atoms with Gasteiger partial charge in [-0.05, 0) is 25.5 Å². The number of fused-ring (bicyclic) bond motifs is 1. The Hall–Kier alpha value is -2.74. The Kier molecular flexibility index (Phi) is 3.99. The van der Waals surface area contributed by atoms with Gasteiger partial charge in [0.1, 0.15) is 0 Å². The number of aromatic nitrogens is 5. The van der Waals surface area contributed by atoms with Gasteiger partial charge in [-0.25, -0.2) is 9.97 Å². The van der Waals surface area contributed by atoms with Crippen molar-refractivity contribution in [1.82, 2.24) is 29.0 Å². The lowest BCUT2D eigenvalue weighted by molar-refractivity contribution is -0.121. The second kappa shape index (κ2) is 6.21. The number of hydrogen-bond acceptors (Lipinski definition) is 5. The number of amides is 1. The molecule has 136 valence electrons. The average Bonchev–Trinajstić information content (AvgIpc) is 3.26. The zero-order valence-electron chi connectivity index (χ0n) is 15.3. The summed E-state index contributed by atoms with van der Waals surface area (Å²) in [5.41, 5.74) is 9.87. The first kappa shape index (κ1) is 16.7. The van der Waals surface area contributed by atoms with Crippen LogP contribution in [0.4, 0.5) is 0 Å². The number of primary amides is 1. The summed E-state index contributed by atoms with van der Waals surface area (Å²) in [5, 5.41) is 4.24. The van der Waals surface area contributed by atoms with E-state index in [1.807, 2.05) is 38.6 Å². The number of likely N-dealkylation sites (tertiary alicyclic amines) is 1. The smallest absolute Gasteiger partial charge is 0.234 e. The van der Waals surface area contributed by atoms with Crippen LogP contribution in [0.5, 0.6) is 0 Å². The van der Waals surface area contributed by atoms with E-state index in [0.29, 0.717) is 18.9 Å². The van der Waals surface area contributed by atoms with Crippen molar-refractivity contribution in [3.8, 4) is 0 Å². The Balaban J connectivity index is 1.60. The normalized spacial score (nSPS) is 20.9. The van der Waals surface area contributed by atoms with E-state index in [2.05, 4.69) is 31.3 Å². The van der Waals surface area contributed by atoms with Crippen LogP contribution in [0.25, 0.3) is 5.78 Å². The zero-order chi connectivity index (χ0) is 18.4. The molecule has 3 aromatic heterocycles. The number of nitrogens with zero attached hydrogens (tertiary/aromatic N) is 6. The van der Waals surface area contributed by atoms with Crippen molar-refractivity contribution >= 4 is 11.7 Å². The summed E-state index contributed by atoms with van der Waals surface area (Å²) in [4.78, 5) is 23.2. The van der Waals surface area contributed by atoms with Crippen molar-refractivity contribution in [3.63, 3.8) is 0 Å². The van der Waals surface area contributed by atoms with E-state index < -0.39 is 0 Å². The third kappa shape index (κ3) is 2.86. The van der Waals surface area contributed by atoms with E-state index in [1.165, 1.54) is 0 Å². The number of imidazole rings is 1. The minimum Gasteiger partial charge on any atom is -0.369 e. The van der Waals surface area contributed by atoms with Crippen LogP contribution < -0.4 is 5.73 Å². The van der Waals surface area contributed by atoms with Crippen molar-refractivity contribution in [1.29, 1.82) is 0 Å². The Labute approximate surface area is 151 Å². The van der Waals surface area contributed by atoms with E-state index >= 15 is 0 Å². The summed E-state index contributed by atoms with van der Waals surface area (Å²) < 4.78 is 3.83. The SMILES string of the molecule is Cc1cc(C)n2c(CN3C[C@H](C(N)=O)[C@@H](c4cnn(C)c4)C3)cnc2n1. The van der Waals surface area contributed by atoms with Gasteiger partial charge in [0.05, 0.1) is 24.0 Å². The molecular formula is C18H23N7O. The molecule has 4 heterocycles. The fraction of sp³-hybridized carbons (Fsp3) is 0.444. The maximum atomic E-state index is 12.0. The molecule has 0 spiro atoms. The van der Waals surface area contributed by atoms with E-state index in [1.54, 1.807) is 4.68 Å². The van der Waals surface area contributed by atoms with Crippen LogP contribution >= 0.6 is 0 Å². The molecule has 0 saturated carbocycles. The third-order valence-corrected chi connectivity index (χ3v) is 5.16. The number of nitrogens with two attached hydrogens (primary N) is 1. The second-order valence-corrected chi connectivity index (χ2v) is 7.18. The first-order valence-corrected chi connectivity index (χ1v) is 8.73. The molecule has 8 nitrogen and oxygen atoms in total. The van der Waals surface area contributed by atoms with Crippen LogP contribution in [0.15, 0.2) is 24.7 Å². The summed E-state index contributed by atoms with van der Waals surface area (Å²) in [5.74, 6) is 0.321. The number of hydrogen-bond donors (Lipinski definition) is 1. The van der Waals surface area contributed by atoms with Gasteiger partial charge in [0, 0.05) is 50.2 Å². The monoisotopic (exact) mass is 353 g/mol. The van der Waals surface area contributed by atoms with Crippen molar-refractivity contribution in [3.05, 3.63) is 47.3 Å². The zero-order valence-corrected chi connectivity index (χ0v) is 15.3. The van der Waals surface area contributed by atoms with Gasteiger partial charge >= 0.3 is 0 Å². The van der Waals surface area contributed by atoms with Crippen molar-refractivity contribution in [2.45, 2.75) is 26.3 Å². The molecule has 2 N–H and O–H groups in total. The summed E-state index contributed by atoms with van der Waals surface area (Å²) in [7, 11) is 1.88. The molecule has 0 bridgehead atoms. The van der Waals surface area contributed by atoms with Crippen molar-refractivity contribution in [2.75, 3.05) is 13.1 Å². The maximum absolute atomic E-state index is 12.0. The Morgan fingerprint density at radius 3 is 2.81 bits per heavy atom. The third-order valence-electron chi connectivity index (χ3n) is 5.16. The van der Waals surface area contributed by atoms with Gasteiger partial charge in [-0.1, -0.05) is 0 Å². The lowest BCUT2D eigenvalue weighted by Gasteiger charge is -2.16. The first-order chi connectivity index (χ1) is 12.4. The van der Waals surface area contributed by atoms with Gasteiger partial charge in [-0.2, -0.15) is 5.10 Å². The quantitative estimate of drug-likeness (QED) is 0.748. The molecule has 1 saturated heterocycles. The largest absolute Gasteiger partial charge is 0.369 e. The molecule has 3 aromatic rings. The van der Waals surface area contributed by atoms with Crippen LogP contribution in [-0.4, -0.2) is 48.0 Å². The summed E-state index contributed by atoms with van der Waals surface area (Å²) in [6.45, 7) is 6.14. The predicted octanol–water partition coefficient (Wildman–Crippen LogP) is 0.781. The Morgan fingerprint density at radius 2 is 2.12 bits per heavy atom. The molecule has 1 aliphatic heterocycles. The molecule has 2 atom stereocenters. The van der Waals surface area contributed by atoms with Crippen LogP contribution in [0.3, 0.4) is 0 Å². The Bertz CT molecular complexity index is 973. The Morgan fingerprint density at radius 1 is 1.31 bits per heavy atom. The molecular weight excluding hydrogens is 330 g/mol. The summed E-state index contributed by atoms with van der Waals surface area (Å²) in [6.07, 6.45) is 5.66. The summed E-state index contributed by atoms with van der Waals surface area (Å²) in [6, 6.07) is 2.05. The molecule has 1 fully saturated rings. The molecule has 1 amide bonds. The van der Waals surface area contributed by atoms with Crippen LogP contribution in [0, 0.1) is 19.8 Å². The highest BCUT2D eigenvalue weighted by molar-refractivity contribution is 5.78. The van der Waals surface area contributed by atoms with E-state index in [-0.39, 0.29) is 17.7 Å².